The fourth-order valence-electron chi connectivity index (χ4n) is 2.92. The van der Waals surface area contributed by atoms with Crippen LogP contribution in [0.25, 0.3) is 0 Å². The van der Waals surface area contributed by atoms with E-state index in [0.29, 0.717) is 0 Å². The zero-order chi connectivity index (χ0) is 17.3. The van der Waals surface area contributed by atoms with Gasteiger partial charge in [0.05, 0.1) is 0 Å². The van der Waals surface area contributed by atoms with Crippen molar-refractivity contribution >= 4 is 0 Å². The Labute approximate surface area is 150 Å². The molecule has 1 aromatic rings. The molecule has 0 amide bonds. The normalized spacial score (nSPS) is 10.8. The van der Waals surface area contributed by atoms with Crippen molar-refractivity contribution in [1.29, 1.82) is 0 Å². The Hall–Kier alpha value is -1.15. The van der Waals surface area contributed by atoms with Gasteiger partial charge in [0.2, 0.25) is 0 Å². The van der Waals surface area contributed by atoms with Crippen LogP contribution in [0.1, 0.15) is 83.6 Å². The van der Waals surface area contributed by atoms with Gasteiger partial charge in [-0.3, -0.25) is 4.98 Å². The van der Waals surface area contributed by atoms with E-state index in [2.05, 4.69) is 36.3 Å². The molecule has 2 nitrogen and oxygen atoms in total. The van der Waals surface area contributed by atoms with E-state index in [9.17, 15) is 0 Å². The number of aromatic nitrogens is 1. The topological polar surface area (TPSA) is 24.9 Å². The zero-order valence-electron chi connectivity index (χ0n) is 16.0. The summed E-state index contributed by atoms with van der Waals surface area (Å²) < 4.78 is 0. The third kappa shape index (κ3) is 11.4. The van der Waals surface area contributed by atoms with Crippen molar-refractivity contribution in [2.75, 3.05) is 13.1 Å². The lowest BCUT2D eigenvalue weighted by molar-refractivity contribution is 0.604. The van der Waals surface area contributed by atoms with Crippen LogP contribution in [0.15, 0.2) is 36.2 Å². The van der Waals surface area contributed by atoms with Crippen molar-refractivity contribution in [2.45, 2.75) is 84.5 Å². The first-order chi connectivity index (χ1) is 11.9. The highest BCUT2D eigenvalue weighted by molar-refractivity contribution is 5.08. The molecule has 0 atom stereocenters. The first kappa shape index (κ1) is 20.9. The number of hydrogen-bond donors (Lipinski definition) is 1. The molecule has 0 aromatic carbocycles. The summed E-state index contributed by atoms with van der Waals surface area (Å²) in [5.74, 6) is 0. The quantitative estimate of drug-likeness (QED) is 0.311. The highest BCUT2D eigenvalue weighted by Crippen LogP contribution is 2.16. The van der Waals surface area contributed by atoms with Crippen LogP contribution in [0.5, 0.6) is 0 Å². The molecule has 0 aliphatic heterocycles. The van der Waals surface area contributed by atoms with Crippen molar-refractivity contribution in [1.82, 2.24) is 10.3 Å². The fourth-order valence-corrected chi connectivity index (χ4v) is 2.92. The lowest BCUT2D eigenvalue weighted by atomic mass is 10.0. The molecule has 24 heavy (non-hydrogen) atoms. The van der Waals surface area contributed by atoms with Gasteiger partial charge in [0.15, 0.2) is 0 Å². The van der Waals surface area contributed by atoms with Gasteiger partial charge in [-0.1, -0.05) is 44.4 Å². The highest BCUT2D eigenvalue weighted by atomic mass is 14.8. The van der Waals surface area contributed by atoms with Crippen LogP contribution in [0.2, 0.25) is 0 Å². The summed E-state index contributed by atoms with van der Waals surface area (Å²) in [6.07, 6.45) is 20.5. The second-order valence-corrected chi connectivity index (χ2v) is 6.78. The van der Waals surface area contributed by atoms with Crippen molar-refractivity contribution in [3.05, 3.63) is 41.7 Å². The summed E-state index contributed by atoms with van der Waals surface area (Å²) in [6, 6.07) is 4.19. The minimum absolute atomic E-state index is 1.14. The van der Waals surface area contributed by atoms with Crippen LogP contribution in [0, 0.1) is 0 Å². The molecule has 0 fully saturated rings. The molecule has 1 heterocycles. The van der Waals surface area contributed by atoms with Gasteiger partial charge in [0, 0.05) is 12.4 Å². The van der Waals surface area contributed by atoms with E-state index in [0.717, 1.165) is 19.5 Å². The predicted molar refractivity (Wildman–Crippen MR) is 106 cm³/mol. The predicted octanol–water partition coefficient (Wildman–Crippen LogP) is 6.08. The van der Waals surface area contributed by atoms with Gasteiger partial charge in [-0.25, -0.2) is 0 Å². The smallest absolute Gasteiger partial charge is 0.0299 e. The molecule has 0 aliphatic carbocycles. The number of rotatable bonds is 15. The number of pyridine rings is 1. The summed E-state index contributed by atoms with van der Waals surface area (Å²) >= 11 is 0. The Bertz CT molecular complexity index is 401. The van der Waals surface area contributed by atoms with E-state index >= 15 is 0 Å². The van der Waals surface area contributed by atoms with Crippen molar-refractivity contribution in [3.8, 4) is 0 Å². The summed E-state index contributed by atoms with van der Waals surface area (Å²) in [6.45, 7) is 6.87. The van der Waals surface area contributed by atoms with Crippen LogP contribution in [0.4, 0.5) is 0 Å². The molecule has 1 N–H and O–H groups in total. The van der Waals surface area contributed by atoms with E-state index in [-0.39, 0.29) is 0 Å². The lowest BCUT2D eigenvalue weighted by Crippen LogP contribution is -2.16. The maximum Gasteiger partial charge on any atom is 0.0299 e. The molecule has 1 rings (SSSR count). The number of hydrogen-bond acceptors (Lipinski definition) is 2. The monoisotopic (exact) mass is 330 g/mol. The first-order valence-electron chi connectivity index (χ1n) is 10.1. The summed E-state index contributed by atoms with van der Waals surface area (Å²) in [4.78, 5) is 4.16. The number of nitrogens with one attached hydrogen (secondary N) is 1. The third-order valence-corrected chi connectivity index (χ3v) is 4.49. The van der Waals surface area contributed by atoms with Gasteiger partial charge in [-0.2, -0.15) is 0 Å². The maximum absolute atomic E-state index is 4.16. The Morgan fingerprint density at radius 3 is 2.42 bits per heavy atom. The van der Waals surface area contributed by atoms with Crippen LogP contribution >= 0.6 is 0 Å². The number of aryl methyl sites for hydroxylation is 1. The molecule has 2 heteroatoms. The molecule has 1 aromatic heterocycles. The van der Waals surface area contributed by atoms with E-state index in [1.165, 1.54) is 69.8 Å². The van der Waals surface area contributed by atoms with Gasteiger partial charge >= 0.3 is 0 Å². The second-order valence-electron chi connectivity index (χ2n) is 6.78. The van der Waals surface area contributed by atoms with Crippen molar-refractivity contribution in [2.24, 2.45) is 0 Å². The van der Waals surface area contributed by atoms with Crippen molar-refractivity contribution in [3.63, 3.8) is 0 Å². The first-order valence-corrected chi connectivity index (χ1v) is 10.1. The average molecular weight is 331 g/mol. The molecule has 0 radical (unpaired) electrons. The summed E-state index contributed by atoms with van der Waals surface area (Å²) in [5, 5.41) is 3.59. The Balaban J connectivity index is 2.00. The van der Waals surface area contributed by atoms with Gasteiger partial charge in [0.1, 0.15) is 0 Å². The standard InChI is InChI=1S/C22H38N2/c1-3-5-12-21(13-6-4-2)14-7-9-17-23-18-10-8-15-22-16-11-19-24-20-22/h11,14,16,19-20,23H,3-10,12-13,15,17-18H2,1-2H3. The van der Waals surface area contributed by atoms with E-state index in [1.54, 1.807) is 5.57 Å². The Kier molecular flexibility index (Phi) is 13.4. The van der Waals surface area contributed by atoms with Crippen LogP contribution in [0.3, 0.4) is 0 Å². The number of allylic oxidation sites excluding steroid dienone is 2. The Morgan fingerprint density at radius 2 is 1.75 bits per heavy atom. The molecule has 0 saturated carbocycles. The Morgan fingerprint density at radius 1 is 1.00 bits per heavy atom. The summed E-state index contributed by atoms with van der Waals surface area (Å²) in [7, 11) is 0. The molecule has 0 aliphatic rings. The van der Waals surface area contributed by atoms with E-state index in [4.69, 9.17) is 0 Å². The highest BCUT2D eigenvalue weighted by Gasteiger charge is 1.97. The minimum Gasteiger partial charge on any atom is -0.317 e. The van der Waals surface area contributed by atoms with E-state index < -0.39 is 0 Å². The average Bonchev–Trinajstić information content (AvgIpc) is 2.62. The SMILES string of the molecule is CCCCC(=CCCCNCCCCc1cccnc1)CCCC. The van der Waals surface area contributed by atoms with Crippen LogP contribution < -0.4 is 5.32 Å². The lowest BCUT2D eigenvalue weighted by Gasteiger charge is -2.07. The van der Waals surface area contributed by atoms with Gasteiger partial charge in [-0.15, -0.1) is 0 Å². The zero-order valence-corrected chi connectivity index (χ0v) is 16.0. The molecule has 0 spiro atoms. The van der Waals surface area contributed by atoms with Crippen LogP contribution in [-0.2, 0) is 6.42 Å². The fraction of sp³-hybridized carbons (Fsp3) is 0.682. The molecule has 0 unspecified atom stereocenters. The second kappa shape index (κ2) is 15.4. The summed E-state index contributed by atoms with van der Waals surface area (Å²) in [5.41, 5.74) is 3.06. The van der Waals surface area contributed by atoms with Gasteiger partial charge in [-0.05, 0) is 82.5 Å². The number of unbranched alkanes of at least 4 members (excludes halogenated alkanes) is 4. The molecule has 0 bridgehead atoms. The molecule has 0 saturated heterocycles. The number of nitrogens with zero attached hydrogens (tertiary/aromatic N) is 1. The van der Waals surface area contributed by atoms with Gasteiger partial charge < -0.3 is 5.32 Å². The molecule has 136 valence electrons. The maximum atomic E-state index is 4.16. The van der Waals surface area contributed by atoms with Crippen LogP contribution in [-0.4, -0.2) is 18.1 Å². The van der Waals surface area contributed by atoms with E-state index in [1.807, 2.05) is 18.5 Å². The molecular formula is C22H38N2. The third-order valence-electron chi connectivity index (χ3n) is 4.49. The minimum atomic E-state index is 1.14. The molecular weight excluding hydrogens is 292 g/mol. The largest absolute Gasteiger partial charge is 0.317 e. The van der Waals surface area contributed by atoms with Gasteiger partial charge in [0.25, 0.3) is 0 Å². The van der Waals surface area contributed by atoms with Crippen molar-refractivity contribution < 1.29 is 0 Å².